The van der Waals surface area contributed by atoms with Crippen molar-refractivity contribution in [2.24, 2.45) is 0 Å². The van der Waals surface area contributed by atoms with Crippen LogP contribution in [0.2, 0.25) is 0 Å². The van der Waals surface area contributed by atoms with Crippen molar-refractivity contribution in [3.63, 3.8) is 0 Å². The number of hydrogen-bond donors (Lipinski definition) is 2. The average molecular weight is 258 g/mol. The maximum atomic E-state index is 11.2. The van der Waals surface area contributed by atoms with Gasteiger partial charge in [0.15, 0.2) is 0 Å². The van der Waals surface area contributed by atoms with Crippen LogP contribution in [0.3, 0.4) is 0 Å². The molecule has 2 aromatic carbocycles. The minimum atomic E-state index is -0.0952. The first kappa shape index (κ1) is 13.4. The minimum absolute atomic E-state index is 0.0952. The third-order valence-electron chi connectivity index (χ3n) is 2.83. The summed E-state index contributed by atoms with van der Waals surface area (Å²) < 4.78 is 4.74. The van der Waals surface area contributed by atoms with Gasteiger partial charge in [-0.25, -0.2) is 0 Å². The molecule has 1 amide bonds. The zero-order valence-electron chi connectivity index (χ0n) is 11.0. The average Bonchev–Trinajstić information content (AvgIpc) is 2.44. The van der Waals surface area contributed by atoms with Crippen molar-refractivity contribution in [1.82, 2.24) is 5.32 Å². The van der Waals surface area contributed by atoms with E-state index < -0.39 is 0 Å². The molecular formula is C15H18N2O2. The molecule has 0 aliphatic carbocycles. The first-order chi connectivity index (χ1) is 9.31. The van der Waals surface area contributed by atoms with E-state index in [1.54, 1.807) is 0 Å². The Morgan fingerprint density at radius 3 is 2.74 bits per heavy atom. The number of amides is 1. The fourth-order valence-corrected chi connectivity index (χ4v) is 1.96. The monoisotopic (exact) mass is 258 g/mol. The summed E-state index contributed by atoms with van der Waals surface area (Å²) in [5.74, 6) is -0.0952. The quantitative estimate of drug-likeness (QED) is 0.779. The van der Waals surface area contributed by atoms with E-state index in [1.165, 1.54) is 17.9 Å². The first-order valence-electron chi connectivity index (χ1n) is 6.28. The van der Waals surface area contributed by atoms with Crippen LogP contribution in [-0.2, 0) is 9.53 Å². The molecule has 100 valence electrons. The fraction of sp³-hybridized carbons (Fsp3) is 0.267. The van der Waals surface area contributed by atoms with Crippen molar-refractivity contribution >= 4 is 22.4 Å². The van der Waals surface area contributed by atoms with Gasteiger partial charge in [-0.15, -0.1) is 0 Å². The molecular weight excluding hydrogens is 240 g/mol. The Bertz CT molecular complexity index is 549. The van der Waals surface area contributed by atoms with Crippen LogP contribution in [0, 0.1) is 0 Å². The molecule has 19 heavy (non-hydrogen) atoms. The van der Waals surface area contributed by atoms with E-state index in [9.17, 15) is 4.79 Å². The van der Waals surface area contributed by atoms with E-state index in [0.717, 1.165) is 5.69 Å². The molecule has 0 saturated carbocycles. The van der Waals surface area contributed by atoms with Crippen LogP contribution < -0.4 is 10.6 Å². The number of carbonyl (C=O) groups excluding carboxylic acids is 1. The number of hydrogen-bond acceptors (Lipinski definition) is 3. The van der Waals surface area contributed by atoms with Gasteiger partial charge < -0.3 is 15.4 Å². The fourth-order valence-electron chi connectivity index (χ4n) is 1.96. The molecule has 0 bridgehead atoms. The Hall–Kier alpha value is -2.07. The van der Waals surface area contributed by atoms with E-state index >= 15 is 0 Å². The zero-order valence-corrected chi connectivity index (χ0v) is 11.0. The minimum Gasteiger partial charge on any atom is -0.383 e. The predicted octanol–water partition coefficient (Wildman–Crippen LogP) is 2.01. The standard InChI is InChI=1S/C15H18N2O2/c1-19-11-15(18)17-10-9-16-14-8-4-6-12-5-2-3-7-13(12)14/h2-8,16H,9-11H2,1H3,(H,17,18). The van der Waals surface area contributed by atoms with Gasteiger partial charge in [0.2, 0.25) is 5.91 Å². The van der Waals surface area contributed by atoms with Gasteiger partial charge in [0.05, 0.1) is 0 Å². The van der Waals surface area contributed by atoms with Gasteiger partial charge in [0.25, 0.3) is 0 Å². The molecule has 4 heteroatoms. The number of rotatable bonds is 6. The zero-order chi connectivity index (χ0) is 13.5. The molecule has 0 fully saturated rings. The van der Waals surface area contributed by atoms with E-state index in [2.05, 4.69) is 28.8 Å². The van der Waals surface area contributed by atoms with Crippen molar-refractivity contribution < 1.29 is 9.53 Å². The third-order valence-corrected chi connectivity index (χ3v) is 2.83. The van der Waals surface area contributed by atoms with Gasteiger partial charge in [0.1, 0.15) is 6.61 Å². The topological polar surface area (TPSA) is 50.4 Å². The Labute approximate surface area is 112 Å². The lowest BCUT2D eigenvalue weighted by Gasteiger charge is -2.10. The first-order valence-corrected chi connectivity index (χ1v) is 6.28. The summed E-state index contributed by atoms with van der Waals surface area (Å²) in [5, 5.41) is 8.50. The number of benzene rings is 2. The van der Waals surface area contributed by atoms with Gasteiger partial charge in [-0.1, -0.05) is 36.4 Å². The summed E-state index contributed by atoms with van der Waals surface area (Å²) in [6.07, 6.45) is 0. The summed E-state index contributed by atoms with van der Waals surface area (Å²) in [5.41, 5.74) is 1.08. The Balaban J connectivity index is 1.90. The second-order valence-corrected chi connectivity index (χ2v) is 4.24. The van der Waals surface area contributed by atoms with E-state index in [-0.39, 0.29) is 12.5 Å². The van der Waals surface area contributed by atoms with Gasteiger partial charge in [-0.05, 0) is 11.5 Å². The molecule has 0 aliphatic heterocycles. The molecule has 4 nitrogen and oxygen atoms in total. The van der Waals surface area contributed by atoms with Crippen LogP contribution in [0.1, 0.15) is 0 Å². The molecule has 0 radical (unpaired) electrons. The Kier molecular flexibility index (Phi) is 4.75. The SMILES string of the molecule is COCC(=O)NCCNc1cccc2ccccc12. The number of anilines is 1. The molecule has 0 heterocycles. The van der Waals surface area contributed by atoms with Crippen LogP contribution in [0.15, 0.2) is 42.5 Å². The molecule has 0 saturated heterocycles. The highest BCUT2D eigenvalue weighted by Crippen LogP contribution is 2.22. The summed E-state index contributed by atoms with van der Waals surface area (Å²) in [6.45, 7) is 1.36. The highest BCUT2D eigenvalue weighted by atomic mass is 16.5. The third kappa shape index (κ3) is 3.69. The van der Waals surface area contributed by atoms with Crippen LogP contribution in [0.4, 0.5) is 5.69 Å². The highest BCUT2D eigenvalue weighted by Gasteiger charge is 2.00. The van der Waals surface area contributed by atoms with Crippen molar-refractivity contribution in [2.75, 3.05) is 32.1 Å². The predicted molar refractivity (Wildman–Crippen MR) is 77.3 cm³/mol. The number of ether oxygens (including phenoxy) is 1. The Morgan fingerprint density at radius 2 is 1.89 bits per heavy atom. The lowest BCUT2D eigenvalue weighted by atomic mass is 10.1. The van der Waals surface area contributed by atoms with Crippen molar-refractivity contribution in [3.8, 4) is 0 Å². The largest absolute Gasteiger partial charge is 0.383 e. The molecule has 0 unspecified atom stereocenters. The molecule has 2 N–H and O–H groups in total. The summed E-state index contributed by atoms with van der Waals surface area (Å²) in [7, 11) is 1.51. The van der Waals surface area contributed by atoms with Crippen molar-refractivity contribution in [1.29, 1.82) is 0 Å². The highest BCUT2D eigenvalue weighted by molar-refractivity contribution is 5.93. The van der Waals surface area contributed by atoms with Gasteiger partial charge in [-0.3, -0.25) is 4.79 Å². The maximum Gasteiger partial charge on any atom is 0.246 e. The molecule has 0 spiro atoms. The van der Waals surface area contributed by atoms with Gasteiger partial charge in [-0.2, -0.15) is 0 Å². The molecule has 0 aliphatic rings. The summed E-state index contributed by atoms with van der Waals surface area (Å²) in [6, 6.07) is 14.4. The number of fused-ring (bicyclic) bond motifs is 1. The second-order valence-electron chi connectivity index (χ2n) is 4.24. The number of nitrogens with one attached hydrogen (secondary N) is 2. The van der Waals surface area contributed by atoms with E-state index in [4.69, 9.17) is 4.74 Å². The van der Waals surface area contributed by atoms with Crippen LogP contribution >= 0.6 is 0 Å². The van der Waals surface area contributed by atoms with Crippen molar-refractivity contribution in [3.05, 3.63) is 42.5 Å². The maximum absolute atomic E-state index is 11.2. The lowest BCUT2D eigenvalue weighted by molar-refractivity contribution is -0.124. The second kappa shape index (κ2) is 6.75. The van der Waals surface area contributed by atoms with Crippen LogP contribution in [0.25, 0.3) is 10.8 Å². The number of carbonyl (C=O) groups is 1. The van der Waals surface area contributed by atoms with Crippen LogP contribution in [-0.4, -0.2) is 32.7 Å². The Morgan fingerprint density at radius 1 is 1.11 bits per heavy atom. The molecule has 0 atom stereocenters. The molecule has 0 aromatic heterocycles. The smallest absolute Gasteiger partial charge is 0.246 e. The van der Waals surface area contributed by atoms with Crippen LogP contribution in [0.5, 0.6) is 0 Å². The summed E-state index contributed by atoms with van der Waals surface area (Å²) >= 11 is 0. The molecule has 2 rings (SSSR count). The molecule has 2 aromatic rings. The van der Waals surface area contributed by atoms with Gasteiger partial charge in [0, 0.05) is 31.3 Å². The normalized spacial score (nSPS) is 10.4. The summed E-state index contributed by atoms with van der Waals surface area (Å²) in [4.78, 5) is 11.2. The van der Waals surface area contributed by atoms with E-state index in [0.29, 0.717) is 13.1 Å². The lowest BCUT2D eigenvalue weighted by Crippen LogP contribution is -2.31. The van der Waals surface area contributed by atoms with E-state index in [1.807, 2.05) is 24.3 Å². The number of methoxy groups -OCH3 is 1. The van der Waals surface area contributed by atoms with Crippen molar-refractivity contribution in [2.45, 2.75) is 0 Å². The van der Waals surface area contributed by atoms with Gasteiger partial charge >= 0.3 is 0 Å².